The molecule has 45 heavy (non-hydrogen) atoms. The lowest BCUT2D eigenvalue weighted by Gasteiger charge is -2.54. The molecule has 1 fully saturated rings. The van der Waals surface area contributed by atoms with Gasteiger partial charge in [-0.1, -0.05) is 78.9 Å². The molecule has 2 bridgehead atoms. The molecule has 9 heteroatoms. The first kappa shape index (κ1) is 29.3. The van der Waals surface area contributed by atoms with E-state index in [0.717, 1.165) is 4.90 Å². The van der Waals surface area contributed by atoms with Gasteiger partial charge in [-0.3, -0.25) is 19.3 Å². The van der Waals surface area contributed by atoms with Crippen molar-refractivity contribution >= 4 is 46.8 Å². The molecular formula is C36H27Cl2NO6. The van der Waals surface area contributed by atoms with Crippen molar-refractivity contribution in [2.45, 2.75) is 22.2 Å². The van der Waals surface area contributed by atoms with Crippen LogP contribution in [-0.4, -0.2) is 48.2 Å². The summed E-state index contributed by atoms with van der Waals surface area (Å²) in [5.74, 6) is -4.09. The summed E-state index contributed by atoms with van der Waals surface area (Å²) < 4.78 is 10.7. The number of esters is 1. The van der Waals surface area contributed by atoms with Gasteiger partial charge in [-0.05, 0) is 52.1 Å². The highest BCUT2D eigenvalue weighted by atomic mass is 35.5. The van der Waals surface area contributed by atoms with E-state index < -0.39 is 57.8 Å². The highest BCUT2D eigenvalue weighted by Gasteiger charge is 2.73. The second-order valence-electron chi connectivity index (χ2n) is 11.5. The molecule has 0 unspecified atom stereocenters. The first-order valence-electron chi connectivity index (χ1n) is 14.5. The first-order chi connectivity index (χ1) is 21.7. The van der Waals surface area contributed by atoms with Gasteiger partial charge in [0.1, 0.15) is 21.5 Å². The van der Waals surface area contributed by atoms with Gasteiger partial charge in [0.05, 0.1) is 18.9 Å². The number of rotatable bonds is 8. The number of amides is 2. The van der Waals surface area contributed by atoms with E-state index in [2.05, 4.69) is 0 Å². The Morgan fingerprint density at radius 2 is 1.20 bits per heavy atom. The summed E-state index contributed by atoms with van der Waals surface area (Å²) in [6.45, 7) is -0.574. The number of halogens is 2. The van der Waals surface area contributed by atoms with Crippen LogP contribution in [0.1, 0.15) is 38.2 Å². The molecule has 2 amide bonds. The van der Waals surface area contributed by atoms with Crippen molar-refractivity contribution in [2.24, 2.45) is 11.8 Å². The molecule has 0 spiro atoms. The van der Waals surface area contributed by atoms with Gasteiger partial charge in [-0.2, -0.15) is 0 Å². The zero-order valence-electron chi connectivity index (χ0n) is 24.1. The summed E-state index contributed by atoms with van der Waals surface area (Å²) in [6, 6.07) is 28.7. The van der Waals surface area contributed by atoms with Gasteiger partial charge in [0, 0.05) is 12.0 Å². The molecule has 1 aliphatic heterocycles. The van der Waals surface area contributed by atoms with Crippen LogP contribution in [-0.2, 0) is 35.3 Å². The van der Waals surface area contributed by atoms with Crippen molar-refractivity contribution < 1.29 is 28.7 Å². The summed E-state index contributed by atoms with van der Waals surface area (Å²) in [5, 5.41) is 0. The second kappa shape index (κ2) is 10.9. The number of ketones is 1. The number of likely N-dealkylation sites (tertiary alicyclic amines) is 1. The third-order valence-corrected chi connectivity index (χ3v) is 10.5. The molecule has 0 saturated carbocycles. The van der Waals surface area contributed by atoms with E-state index in [9.17, 15) is 19.2 Å². The Balaban J connectivity index is 1.27. The molecule has 0 aromatic heterocycles. The van der Waals surface area contributed by atoms with Crippen molar-refractivity contribution in [1.29, 1.82) is 0 Å². The molecule has 0 N–H and O–H groups in total. The minimum Gasteiger partial charge on any atom is -0.497 e. The fourth-order valence-corrected chi connectivity index (χ4v) is 8.30. The maximum Gasteiger partial charge on any atom is 0.330 e. The number of ether oxygens (including phenoxy) is 2. The lowest BCUT2D eigenvalue weighted by molar-refractivity contribution is -0.158. The highest BCUT2D eigenvalue weighted by molar-refractivity contribution is 6.36. The number of imide groups is 1. The minimum atomic E-state index is -1.39. The standard InChI is InChI=1S/C36H27Cl2NO6/c1-44-23-17-15-22(16-18-23)29(40)20-45-34(43)28(19-21-9-3-2-4-10-21)39-32(41)30-31(33(39)42)36(38)25-12-6-5-11-24(25)35(30,37)26-13-7-8-14-27(26)36/h2-18,28,30-31H,19-20H2,1H3/t28-,30-,31-,35?,36?/m0/s1. The number of hydrogen-bond donors (Lipinski definition) is 0. The Morgan fingerprint density at radius 1 is 0.733 bits per heavy atom. The molecule has 1 saturated heterocycles. The lowest BCUT2D eigenvalue weighted by atomic mass is 9.54. The predicted octanol–water partition coefficient (Wildman–Crippen LogP) is 5.63. The number of carbonyl (C=O) groups excluding carboxylic acids is 4. The molecule has 3 atom stereocenters. The average molecular weight is 641 g/mol. The number of methoxy groups -OCH3 is 1. The average Bonchev–Trinajstić information content (AvgIpc) is 3.35. The summed E-state index contributed by atoms with van der Waals surface area (Å²) in [7, 11) is 1.52. The second-order valence-corrected chi connectivity index (χ2v) is 12.7. The Bertz CT molecular complexity index is 1740. The van der Waals surface area contributed by atoms with Gasteiger partial charge >= 0.3 is 5.97 Å². The number of hydrogen-bond acceptors (Lipinski definition) is 6. The molecule has 7 nitrogen and oxygen atoms in total. The zero-order chi connectivity index (χ0) is 31.5. The van der Waals surface area contributed by atoms with Crippen LogP contribution in [0.3, 0.4) is 0 Å². The van der Waals surface area contributed by atoms with Crippen molar-refractivity contribution in [3.05, 3.63) is 137 Å². The first-order valence-corrected chi connectivity index (χ1v) is 15.3. The van der Waals surface area contributed by atoms with E-state index in [1.54, 1.807) is 48.5 Å². The summed E-state index contributed by atoms with van der Waals surface area (Å²) in [5.41, 5.74) is 3.68. The van der Waals surface area contributed by atoms with Gasteiger partial charge in [0.25, 0.3) is 0 Å². The highest BCUT2D eigenvalue weighted by Crippen LogP contribution is 2.69. The van der Waals surface area contributed by atoms with Crippen LogP contribution in [0.4, 0.5) is 0 Å². The summed E-state index contributed by atoms with van der Waals surface area (Å²) in [4.78, 5) is 54.0. The van der Waals surface area contributed by atoms with Gasteiger partial charge in [0.2, 0.25) is 11.8 Å². The SMILES string of the molecule is COc1ccc(C(=O)COC(=O)[C@H](Cc2ccccc2)N2C(=O)[C@@H]3[C@@H](C2=O)C2(Cl)c4ccccc4C3(Cl)c3ccccc32)cc1. The van der Waals surface area contributed by atoms with Crippen molar-refractivity contribution in [2.75, 3.05) is 13.7 Å². The topological polar surface area (TPSA) is 90.0 Å². The molecule has 0 radical (unpaired) electrons. The summed E-state index contributed by atoms with van der Waals surface area (Å²) >= 11 is 15.1. The van der Waals surface area contributed by atoms with Gasteiger partial charge < -0.3 is 9.47 Å². The lowest BCUT2D eigenvalue weighted by Crippen LogP contribution is -2.57. The van der Waals surface area contributed by atoms with Crippen molar-refractivity contribution in [3.63, 3.8) is 0 Å². The predicted molar refractivity (Wildman–Crippen MR) is 167 cm³/mol. The number of alkyl halides is 2. The molecule has 226 valence electrons. The number of benzene rings is 4. The van der Waals surface area contributed by atoms with E-state index in [-0.39, 0.29) is 6.42 Å². The van der Waals surface area contributed by atoms with Gasteiger partial charge in [-0.25, -0.2) is 4.79 Å². The maximum absolute atomic E-state index is 14.5. The summed E-state index contributed by atoms with van der Waals surface area (Å²) in [6.07, 6.45) is -0.0161. The smallest absolute Gasteiger partial charge is 0.330 e. The fraction of sp³-hybridized carbons (Fsp3) is 0.222. The Kier molecular flexibility index (Phi) is 7.06. The third kappa shape index (κ3) is 4.25. The van der Waals surface area contributed by atoms with E-state index in [1.165, 1.54) is 7.11 Å². The minimum absolute atomic E-state index is 0.0161. The molecule has 3 aliphatic carbocycles. The molecule has 4 aromatic carbocycles. The van der Waals surface area contributed by atoms with E-state index in [4.69, 9.17) is 32.7 Å². The van der Waals surface area contributed by atoms with Crippen LogP contribution < -0.4 is 4.74 Å². The van der Waals surface area contributed by atoms with E-state index in [1.807, 2.05) is 54.6 Å². The van der Waals surface area contributed by atoms with E-state index >= 15 is 0 Å². The number of Topliss-reactive ketones (excluding diaryl/α,β-unsaturated/α-hetero) is 1. The molecule has 4 aromatic rings. The fourth-order valence-electron chi connectivity index (χ4n) is 7.21. The van der Waals surface area contributed by atoms with E-state index in [0.29, 0.717) is 39.1 Å². The number of carbonyl (C=O) groups is 4. The van der Waals surface area contributed by atoms with Crippen LogP contribution >= 0.6 is 23.2 Å². The van der Waals surface area contributed by atoms with Gasteiger partial charge in [0.15, 0.2) is 12.4 Å². The van der Waals surface area contributed by atoms with Crippen LogP contribution in [0, 0.1) is 11.8 Å². The van der Waals surface area contributed by atoms with Crippen LogP contribution in [0.5, 0.6) is 5.75 Å². The van der Waals surface area contributed by atoms with Crippen molar-refractivity contribution in [3.8, 4) is 5.75 Å². The van der Waals surface area contributed by atoms with Crippen LogP contribution in [0.15, 0.2) is 103 Å². The Morgan fingerprint density at radius 3 is 1.67 bits per heavy atom. The molecule has 4 aliphatic rings. The monoisotopic (exact) mass is 639 g/mol. The van der Waals surface area contributed by atoms with Gasteiger partial charge in [-0.15, -0.1) is 23.2 Å². The van der Waals surface area contributed by atoms with Crippen molar-refractivity contribution in [1.82, 2.24) is 4.90 Å². The Labute approximate surface area is 269 Å². The van der Waals surface area contributed by atoms with Crippen LogP contribution in [0.25, 0.3) is 0 Å². The zero-order valence-corrected chi connectivity index (χ0v) is 25.6. The maximum atomic E-state index is 14.5. The normalized spacial score (nSPS) is 24.8. The molecule has 1 heterocycles. The quantitative estimate of drug-likeness (QED) is 0.108. The third-order valence-electron chi connectivity index (χ3n) is 9.23. The van der Waals surface area contributed by atoms with Crippen LogP contribution in [0.2, 0.25) is 0 Å². The Hall–Kier alpha value is -4.46. The largest absolute Gasteiger partial charge is 0.497 e. The number of nitrogens with zero attached hydrogens (tertiary/aromatic N) is 1. The molecule has 8 rings (SSSR count). The molecular weight excluding hydrogens is 613 g/mol.